The van der Waals surface area contributed by atoms with Crippen molar-refractivity contribution in [3.8, 4) is 28.6 Å². The SMILES string of the molecule is N#Cc1ccc(-c2cnc(NC(=O)C(F)(F)F)c(-c3ccc(C(=O)N4CCOCC4)cc3)n2)cc1. The average molecular weight is 481 g/mol. The number of hydrogen-bond acceptors (Lipinski definition) is 6. The number of nitriles is 1. The molecule has 2 aromatic carbocycles. The van der Waals surface area contributed by atoms with Gasteiger partial charge in [-0.15, -0.1) is 0 Å². The van der Waals surface area contributed by atoms with Gasteiger partial charge in [0.15, 0.2) is 5.82 Å². The molecule has 0 radical (unpaired) electrons. The molecule has 0 bridgehead atoms. The molecule has 0 unspecified atom stereocenters. The molecule has 0 saturated carbocycles. The Morgan fingerprint density at radius 3 is 2.23 bits per heavy atom. The molecule has 1 aliphatic rings. The second kappa shape index (κ2) is 9.90. The van der Waals surface area contributed by atoms with E-state index in [0.717, 1.165) is 0 Å². The lowest BCUT2D eigenvalue weighted by atomic mass is 10.1. The summed E-state index contributed by atoms with van der Waals surface area (Å²) in [6, 6.07) is 14.5. The first kappa shape index (κ1) is 23.8. The van der Waals surface area contributed by atoms with E-state index in [0.29, 0.717) is 54.3 Å². The molecule has 2 heterocycles. The van der Waals surface area contributed by atoms with Gasteiger partial charge in [0.1, 0.15) is 5.69 Å². The normalized spacial score (nSPS) is 13.7. The van der Waals surface area contributed by atoms with Crippen LogP contribution in [-0.4, -0.2) is 59.2 Å². The Morgan fingerprint density at radius 2 is 1.63 bits per heavy atom. The summed E-state index contributed by atoms with van der Waals surface area (Å²) in [5.41, 5.74) is 2.07. The van der Waals surface area contributed by atoms with Crippen LogP contribution in [0.2, 0.25) is 0 Å². The number of carbonyl (C=O) groups excluding carboxylic acids is 2. The van der Waals surface area contributed by atoms with Crippen molar-refractivity contribution in [3.05, 3.63) is 65.9 Å². The Hall–Kier alpha value is -4.30. The highest BCUT2D eigenvalue weighted by molar-refractivity contribution is 5.98. The quantitative estimate of drug-likeness (QED) is 0.610. The van der Waals surface area contributed by atoms with Gasteiger partial charge in [-0.2, -0.15) is 18.4 Å². The lowest BCUT2D eigenvalue weighted by Gasteiger charge is -2.26. The second-order valence-electron chi connectivity index (χ2n) is 7.58. The number of nitrogens with one attached hydrogen (secondary N) is 1. The van der Waals surface area contributed by atoms with Crippen molar-refractivity contribution in [2.24, 2.45) is 0 Å². The van der Waals surface area contributed by atoms with Gasteiger partial charge in [0.25, 0.3) is 5.91 Å². The summed E-state index contributed by atoms with van der Waals surface area (Å²) in [6.45, 7) is 1.83. The van der Waals surface area contributed by atoms with E-state index in [4.69, 9.17) is 10.00 Å². The number of rotatable bonds is 4. The van der Waals surface area contributed by atoms with Crippen molar-refractivity contribution >= 4 is 17.6 Å². The van der Waals surface area contributed by atoms with Gasteiger partial charge >= 0.3 is 12.1 Å². The molecule has 8 nitrogen and oxygen atoms in total. The zero-order valence-corrected chi connectivity index (χ0v) is 18.2. The minimum absolute atomic E-state index is 0.00479. The largest absolute Gasteiger partial charge is 0.471 e. The maximum Gasteiger partial charge on any atom is 0.471 e. The highest BCUT2D eigenvalue weighted by Gasteiger charge is 2.39. The van der Waals surface area contributed by atoms with E-state index in [9.17, 15) is 22.8 Å². The minimum atomic E-state index is -5.11. The number of carbonyl (C=O) groups is 2. The smallest absolute Gasteiger partial charge is 0.378 e. The molecule has 1 aromatic heterocycles. The van der Waals surface area contributed by atoms with Gasteiger partial charge in [-0.25, -0.2) is 9.97 Å². The van der Waals surface area contributed by atoms with Crippen LogP contribution in [0.25, 0.3) is 22.5 Å². The Kier molecular flexibility index (Phi) is 6.75. The lowest BCUT2D eigenvalue weighted by Crippen LogP contribution is -2.40. The number of halogens is 3. The van der Waals surface area contributed by atoms with Crippen molar-refractivity contribution < 1.29 is 27.5 Å². The Labute approximate surface area is 198 Å². The first-order valence-corrected chi connectivity index (χ1v) is 10.5. The number of benzene rings is 2. The van der Waals surface area contributed by atoms with Gasteiger partial charge in [0.05, 0.1) is 36.7 Å². The number of hydrogen-bond donors (Lipinski definition) is 1. The molecule has 1 N–H and O–H groups in total. The van der Waals surface area contributed by atoms with Crippen LogP contribution >= 0.6 is 0 Å². The Bertz CT molecular complexity index is 1280. The van der Waals surface area contributed by atoms with Crippen molar-refractivity contribution in [1.82, 2.24) is 14.9 Å². The molecule has 0 spiro atoms. The second-order valence-corrected chi connectivity index (χ2v) is 7.58. The number of anilines is 1. The molecule has 1 saturated heterocycles. The van der Waals surface area contributed by atoms with Crippen molar-refractivity contribution in [3.63, 3.8) is 0 Å². The lowest BCUT2D eigenvalue weighted by molar-refractivity contribution is -0.167. The number of ether oxygens (including phenoxy) is 1. The Morgan fingerprint density at radius 1 is 1.00 bits per heavy atom. The molecule has 2 amide bonds. The summed E-state index contributed by atoms with van der Waals surface area (Å²) in [4.78, 5) is 34.4. The molecule has 0 atom stereocenters. The highest BCUT2D eigenvalue weighted by atomic mass is 19.4. The van der Waals surface area contributed by atoms with Crippen LogP contribution in [0.4, 0.5) is 19.0 Å². The van der Waals surface area contributed by atoms with Crippen LogP contribution in [0.3, 0.4) is 0 Å². The minimum Gasteiger partial charge on any atom is -0.378 e. The maximum absolute atomic E-state index is 12.9. The third-order valence-electron chi connectivity index (χ3n) is 5.28. The maximum atomic E-state index is 12.9. The number of amides is 2. The van der Waals surface area contributed by atoms with E-state index in [1.54, 1.807) is 46.6 Å². The molecule has 1 aliphatic heterocycles. The van der Waals surface area contributed by atoms with Crippen molar-refractivity contribution in [1.29, 1.82) is 5.26 Å². The van der Waals surface area contributed by atoms with Crippen molar-refractivity contribution in [2.75, 3.05) is 31.6 Å². The molecule has 0 aliphatic carbocycles. The van der Waals surface area contributed by atoms with Gasteiger partial charge in [0.2, 0.25) is 0 Å². The fourth-order valence-corrected chi connectivity index (χ4v) is 3.43. The molecular weight excluding hydrogens is 463 g/mol. The highest BCUT2D eigenvalue weighted by Crippen LogP contribution is 2.29. The fourth-order valence-electron chi connectivity index (χ4n) is 3.43. The van der Waals surface area contributed by atoms with Crippen LogP contribution in [0, 0.1) is 11.3 Å². The predicted molar refractivity (Wildman–Crippen MR) is 119 cm³/mol. The van der Waals surface area contributed by atoms with Crippen LogP contribution in [0.5, 0.6) is 0 Å². The monoisotopic (exact) mass is 481 g/mol. The standard InChI is InChI=1S/C24H18F3N5O3/c25-24(26,27)23(34)31-21-20(30-19(14-29-21)16-3-1-15(13-28)2-4-16)17-5-7-18(8-6-17)22(33)32-9-11-35-12-10-32/h1-8,14H,9-12H2,(H,29,31,34). The van der Waals surface area contributed by atoms with E-state index in [2.05, 4.69) is 9.97 Å². The van der Waals surface area contributed by atoms with Gasteiger partial charge in [-0.05, 0) is 24.3 Å². The zero-order valence-electron chi connectivity index (χ0n) is 18.2. The fraction of sp³-hybridized carbons (Fsp3) is 0.208. The van der Waals surface area contributed by atoms with Crippen molar-refractivity contribution in [2.45, 2.75) is 6.18 Å². The van der Waals surface area contributed by atoms with Gasteiger partial charge in [0, 0.05) is 29.8 Å². The number of aromatic nitrogens is 2. The van der Waals surface area contributed by atoms with Gasteiger partial charge in [-0.1, -0.05) is 24.3 Å². The van der Waals surface area contributed by atoms with Crippen LogP contribution in [0.1, 0.15) is 15.9 Å². The molecule has 1 fully saturated rings. The first-order valence-electron chi connectivity index (χ1n) is 10.5. The number of morpholine rings is 1. The van der Waals surface area contributed by atoms with Gasteiger partial charge in [-0.3, -0.25) is 9.59 Å². The summed E-state index contributed by atoms with van der Waals surface area (Å²) in [5, 5.41) is 10.7. The molecule has 11 heteroatoms. The molecular formula is C24H18F3N5O3. The molecule has 3 aromatic rings. The third kappa shape index (κ3) is 5.44. The molecule has 178 valence electrons. The summed E-state index contributed by atoms with van der Waals surface area (Å²) in [6.07, 6.45) is -3.88. The number of alkyl halides is 3. The molecule has 35 heavy (non-hydrogen) atoms. The van der Waals surface area contributed by atoms with E-state index >= 15 is 0 Å². The average Bonchev–Trinajstić information content (AvgIpc) is 2.88. The van der Waals surface area contributed by atoms with E-state index in [1.165, 1.54) is 18.3 Å². The van der Waals surface area contributed by atoms with Crippen LogP contribution in [-0.2, 0) is 9.53 Å². The zero-order chi connectivity index (χ0) is 25.0. The summed E-state index contributed by atoms with van der Waals surface area (Å²) < 4.78 is 43.8. The Balaban J connectivity index is 1.70. The summed E-state index contributed by atoms with van der Waals surface area (Å²) in [7, 11) is 0. The number of nitrogens with zero attached hydrogens (tertiary/aromatic N) is 4. The van der Waals surface area contributed by atoms with Gasteiger partial charge < -0.3 is 15.0 Å². The predicted octanol–water partition coefficient (Wildman–Crippen LogP) is 3.66. The van der Waals surface area contributed by atoms with Crippen LogP contribution in [0.15, 0.2) is 54.7 Å². The summed E-state index contributed by atoms with van der Waals surface area (Å²) >= 11 is 0. The summed E-state index contributed by atoms with van der Waals surface area (Å²) in [5.74, 6) is -2.75. The van der Waals surface area contributed by atoms with Crippen LogP contribution < -0.4 is 5.32 Å². The first-order chi connectivity index (χ1) is 16.8. The topological polar surface area (TPSA) is 108 Å². The third-order valence-corrected chi connectivity index (χ3v) is 5.28. The van der Waals surface area contributed by atoms with E-state index < -0.39 is 12.1 Å². The van der Waals surface area contributed by atoms with E-state index in [-0.39, 0.29) is 17.4 Å². The molecule has 4 rings (SSSR count). The van der Waals surface area contributed by atoms with E-state index in [1.807, 2.05) is 6.07 Å².